The van der Waals surface area contributed by atoms with E-state index in [1.165, 1.54) is 6.07 Å². The molecular formula is C23H22Cl2N4O4. The summed E-state index contributed by atoms with van der Waals surface area (Å²) < 4.78 is 12.3. The summed E-state index contributed by atoms with van der Waals surface area (Å²) in [5, 5.41) is 11.0. The van der Waals surface area contributed by atoms with Crippen LogP contribution in [0.25, 0.3) is 11.1 Å². The molecule has 2 heterocycles. The number of amides is 2. The molecule has 2 aromatic carbocycles. The zero-order valence-corrected chi connectivity index (χ0v) is 19.8. The molecule has 0 fully saturated rings. The van der Waals surface area contributed by atoms with E-state index in [0.717, 1.165) is 16.8 Å². The molecule has 0 bridgehead atoms. The second kappa shape index (κ2) is 9.33. The zero-order chi connectivity index (χ0) is 23.7. The number of carbonyl (C=O) groups is 2. The van der Waals surface area contributed by atoms with Crippen LogP contribution in [0.4, 0.5) is 11.5 Å². The average Bonchev–Trinajstić information content (AvgIpc) is 3.30. The molecule has 0 spiro atoms. The van der Waals surface area contributed by atoms with E-state index in [0.29, 0.717) is 39.5 Å². The van der Waals surface area contributed by atoms with Crippen molar-refractivity contribution < 1.29 is 19.1 Å². The van der Waals surface area contributed by atoms with Gasteiger partial charge in [0, 0.05) is 10.6 Å². The van der Waals surface area contributed by atoms with Gasteiger partial charge in [-0.2, -0.15) is 5.10 Å². The van der Waals surface area contributed by atoms with Crippen LogP contribution in [-0.4, -0.2) is 35.8 Å². The van der Waals surface area contributed by atoms with Crippen molar-refractivity contribution >= 4 is 46.5 Å². The first-order valence-corrected chi connectivity index (χ1v) is 11.0. The SMILES string of the molecule is CCc1nn2c(c1-c1ccc(OC)c(OC)c1)NC(=O)C2CC(=O)Nc1ccc(Cl)cc1Cl. The van der Waals surface area contributed by atoms with Crippen LogP contribution in [0.2, 0.25) is 10.0 Å². The maximum atomic E-state index is 12.8. The zero-order valence-electron chi connectivity index (χ0n) is 18.2. The lowest BCUT2D eigenvalue weighted by molar-refractivity contribution is -0.123. The Balaban J connectivity index is 1.64. The van der Waals surface area contributed by atoms with Crippen LogP contribution < -0.4 is 20.1 Å². The molecular weight excluding hydrogens is 467 g/mol. The summed E-state index contributed by atoms with van der Waals surface area (Å²) in [5.74, 6) is 1.04. The van der Waals surface area contributed by atoms with Gasteiger partial charge >= 0.3 is 0 Å². The minimum atomic E-state index is -0.787. The fraction of sp³-hybridized carbons (Fsp3) is 0.261. The van der Waals surface area contributed by atoms with Gasteiger partial charge < -0.3 is 20.1 Å². The molecule has 33 heavy (non-hydrogen) atoms. The predicted octanol–water partition coefficient (Wildman–Crippen LogP) is 4.96. The molecule has 1 aliphatic heterocycles. The summed E-state index contributed by atoms with van der Waals surface area (Å²) in [5.41, 5.74) is 2.83. The third-order valence-corrected chi connectivity index (χ3v) is 5.96. The van der Waals surface area contributed by atoms with Crippen molar-refractivity contribution in [3.05, 3.63) is 52.1 Å². The third-order valence-electron chi connectivity index (χ3n) is 5.41. The Morgan fingerprint density at radius 1 is 1.15 bits per heavy atom. The number of hydrogen-bond donors (Lipinski definition) is 2. The van der Waals surface area contributed by atoms with E-state index in [4.69, 9.17) is 32.7 Å². The van der Waals surface area contributed by atoms with Crippen LogP contribution in [0.15, 0.2) is 36.4 Å². The molecule has 0 radical (unpaired) electrons. The summed E-state index contributed by atoms with van der Waals surface area (Å²) in [6.45, 7) is 1.98. The maximum Gasteiger partial charge on any atom is 0.251 e. The van der Waals surface area contributed by atoms with Crippen molar-refractivity contribution in [2.24, 2.45) is 0 Å². The van der Waals surface area contributed by atoms with Crippen molar-refractivity contribution in [3.63, 3.8) is 0 Å². The largest absolute Gasteiger partial charge is 0.493 e. The van der Waals surface area contributed by atoms with Crippen LogP contribution in [0.1, 0.15) is 25.1 Å². The molecule has 8 nitrogen and oxygen atoms in total. The molecule has 3 aromatic rings. The highest BCUT2D eigenvalue weighted by Crippen LogP contribution is 2.41. The van der Waals surface area contributed by atoms with Gasteiger partial charge in [-0.25, -0.2) is 4.68 Å². The minimum Gasteiger partial charge on any atom is -0.493 e. The van der Waals surface area contributed by atoms with Crippen LogP contribution in [0.5, 0.6) is 11.5 Å². The lowest BCUT2D eigenvalue weighted by atomic mass is 10.0. The number of aromatic nitrogens is 2. The van der Waals surface area contributed by atoms with E-state index in [9.17, 15) is 9.59 Å². The summed E-state index contributed by atoms with van der Waals surface area (Å²) in [4.78, 5) is 25.5. The summed E-state index contributed by atoms with van der Waals surface area (Å²) in [6, 6.07) is 9.51. The molecule has 1 aliphatic rings. The van der Waals surface area contributed by atoms with Crippen molar-refractivity contribution in [2.45, 2.75) is 25.8 Å². The number of benzene rings is 2. The fourth-order valence-electron chi connectivity index (χ4n) is 3.83. The number of nitrogens with one attached hydrogen (secondary N) is 2. The minimum absolute atomic E-state index is 0.103. The average molecular weight is 489 g/mol. The summed E-state index contributed by atoms with van der Waals surface area (Å²) in [7, 11) is 3.13. The van der Waals surface area contributed by atoms with Crippen molar-refractivity contribution in [1.82, 2.24) is 9.78 Å². The fourth-order valence-corrected chi connectivity index (χ4v) is 4.28. The number of carbonyl (C=O) groups excluding carboxylic acids is 2. The van der Waals surface area contributed by atoms with Gasteiger partial charge in [-0.1, -0.05) is 36.2 Å². The number of methoxy groups -OCH3 is 2. The van der Waals surface area contributed by atoms with Gasteiger partial charge in [0.25, 0.3) is 5.91 Å². The molecule has 10 heteroatoms. The number of fused-ring (bicyclic) bond motifs is 1. The van der Waals surface area contributed by atoms with E-state index in [1.54, 1.807) is 37.1 Å². The molecule has 2 amide bonds. The Morgan fingerprint density at radius 3 is 2.58 bits per heavy atom. The van der Waals surface area contributed by atoms with Gasteiger partial charge in [0.15, 0.2) is 11.5 Å². The van der Waals surface area contributed by atoms with Gasteiger partial charge in [0.2, 0.25) is 5.91 Å². The topological polar surface area (TPSA) is 94.5 Å². The normalized spacial score (nSPS) is 14.6. The number of nitrogens with zero attached hydrogens (tertiary/aromatic N) is 2. The van der Waals surface area contributed by atoms with E-state index in [-0.39, 0.29) is 18.2 Å². The molecule has 1 unspecified atom stereocenters. The predicted molar refractivity (Wildman–Crippen MR) is 128 cm³/mol. The van der Waals surface area contributed by atoms with Crippen molar-refractivity contribution in [1.29, 1.82) is 0 Å². The first-order valence-electron chi connectivity index (χ1n) is 10.3. The monoisotopic (exact) mass is 488 g/mol. The molecule has 2 N–H and O–H groups in total. The molecule has 0 saturated carbocycles. The van der Waals surface area contributed by atoms with Crippen molar-refractivity contribution in [3.8, 4) is 22.6 Å². The number of aryl methyl sites for hydroxylation is 1. The Morgan fingerprint density at radius 2 is 1.91 bits per heavy atom. The van der Waals surface area contributed by atoms with E-state index < -0.39 is 6.04 Å². The Hall–Kier alpha value is -3.23. The van der Waals surface area contributed by atoms with E-state index in [2.05, 4.69) is 15.7 Å². The standard InChI is InChI=1S/C23H22Cl2N4O4/c1-4-15-21(12-5-8-18(32-2)19(9-12)33-3)22-27-23(31)17(29(22)28-15)11-20(30)26-16-7-6-13(24)10-14(16)25/h5-10,17H,4,11H2,1-3H3,(H,26,30)(H,27,31). The van der Waals surface area contributed by atoms with Gasteiger partial charge in [0.05, 0.1) is 37.0 Å². The van der Waals surface area contributed by atoms with E-state index in [1.807, 2.05) is 19.1 Å². The highest BCUT2D eigenvalue weighted by molar-refractivity contribution is 6.36. The number of rotatable bonds is 7. The molecule has 4 rings (SSSR count). The van der Waals surface area contributed by atoms with Gasteiger partial charge in [-0.15, -0.1) is 0 Å². The Kier molecular flexibility index (Phi) is 6.49. The second-order valence-corrected chi connectivity index (χ2v) is 8.26. The summed E-state index contributed by atoms with van der Waals surface area (Å²) >= 11 is 12.0. The first kappa shape index (κ1) is 22.9. The van der Waals surface area contributed by atoms with Crippen LogP contribution in [0.3, 0.4) is 0 Å². The third kappa shape index (κ3) is 4.36. The molecule has 0 aliphatic carbocycles. The number of hydrogen-bond acceptors (Lipinski definition) is 5. The Bertz CT molecular complexity index is 1240. The lowest BCUT2D eigenvalue weighted by Gasteiger charge is -2.11. The smallest absolute Gasteiger partial charge is 0.251 e. The van der Waals surface area contributed by atoms with Gasteiger partial charge in [0.1, 0.15) is 11.9 Å². The van der Waals surface area contributed by atoms with Gasteiger partial charge in [-0.3, -0.25) is 9.59 Å². The molecule has 1 atom stereocenters. The highest BCUT2D eigenvalue weighted by atomic mass is 35.5. The van der Waals surface area contributed by atoms with Crippen molar-refractivity contribution in [2.75, 3.05) is 24.9 Å². The quantitative estimate of drug-likeness (QED) is 0.490. The lowest BCUT2D eigenvalue weighted by Crippen LogP contribution is -2.24. The van der Waals surface area contributed by atoms with Crippen LogP contribution >= 0.6 is 23.2 Å². The number of halogens is 2. The molecule has 1 aromatic heterocycles. The van der Waals surface area contributed by atoms with Crippen LogP contribution in [0, 0.1) is 0 Å². The molecule has 172 valence electrons. The first-order chi connectivity index (χ1) is 15.9. The number of ether oxygens (including phenoxy) is 2. The summed E-state index contributed by atoms with van der Waals surface area (Å²) in [6.07, 6.45) is 0.535. The highest BCUT2D eigenvalue weighted by Gasteiger charge is 2.37. The van der Waals surface area contributed by atoms with Gasteiger partial charge in [-0.05, 0) is 42.3 Å². The van der Waals surface area contributed by atoms with Crippen LogP contribution in [-0.2, 0) is 16.0 Å². The molecule has 0 saturated heterocycles. The maximum absolute atomic E-state index is 12.8. The number of anilines is 2. The Labute approximate surface area is 200 Å². The second-order valence-electron chi connectivity index (χ2n) is 7.42. The van der Waals surface area contributed by atoms with E-state index >= 15 is 0 Å².